The molecule has 0 saturated carbocycles. The van der Waals surface area contributed by atoms with Crippen LogP contribution in [-0.4, -0.2) is 54.1 Å². The van der Waals surface area contributed by atoms with Crippen molar-refractivity contribution in [3.8, 4) is 17.4 Å². The van der Waals surface area contributed by atoms with Gasteiger partial charge >= 0.3 is 12.2 Å². The third kappa shape index (κ3) is 4.68. The zero-order chi connectivity index (χ0) is 27.3. The molecule has 7 heterocycles. The molecule has 3 aliphatic heterocycles. The first-order valence-electron chi connectivity index (χ1n) is 12.7. The fourth-order valence-corrected chi connectivity index (χ4v) is 5.32. The van der Waals surface area contributed by atoms with Crippen LogP contribution in [-0.2, 0) is 12.7 Å². The second kappa shape index (κ2) is 9.58. The number of hydrogen-bond acceptors (Lipinski definition) is 7. The third-order valence-electron chi connectivity index (χ3n) is 7.15. The Morgan fingerprint density at radius 2 is 1.85 bits per heavy atom. The van der Waals surface area contributed by atoms with E-state index in [-0.39, 0.29) is 35.5 Å². The molecule has 0 aliphatic carbocycles. The molecule has 0 unspecified atom stereocenters. The number of pyridine rings is 2. The average Bonchev–Trinajstić information content (AvgIpc) is 3.28. The Kier molecular flexibility index (Phi) is 6.19. The lowest BCUT2D eigenvalue weighted by Crippen LogP contribution is -2.35. The van der Waals surface area contributed by atoms with Crippen molar-refractivity contribution in [2.75, 3.05) is 19.7 Å². The maximum Gasteiger partial charge on any atom is 0.433 e. The number of imidazole rings is 1. The van der Waals surface area contributed by atoms with Crippen molar-refractivity contribution in [3.63, 3.8) is 0 Å². The van der Waals surface area contributed by atoms with E-state index in [1.165, 1.54) is 22.9 Å². The van der Waals surface area contributed by atoms with E-state index in [9.17, 15) is 17.6 Å². The molecule has 8 nitrogen and oxygen atoms in total. The average molecular weight is 540 g/mol. The Labute approximate surface area is 221 Å². The summed E-state index contributed by atoms with van der Waals surface area (Å²) in [6.45, 7) is 5.34. The molecule has 202 valence electrons. The zero-order valence-electron chi connectivity index (χ0n) is 21.3. The van der Waals surface area contributed by atoms with E-state index in [2.05, 4.69) is 29.8 Å². The summed E-state index contributed by atoms with van der Waals surface area (Å²) in [6.07, 6.45) is 1.50. The monoisotopic (exact) mass is 539 g/mol. The topological polar surface area (TPSA) is 81.9 Å². The fraction of sp³-hybridized carbons (Fsp3) is 0.370. The number of aryl methyl sites for hydroxylation is 1. The second-order valence-corrected chi connectivity index (χ2v) is 9.71. The number of allylic oxidation sites excluding steroid dienone is 1. The standard InChI is InChI=1S/C27H25F4N7O/c1-3-39-26-33-15(2)22-25(36-26)38(24(35-22)18-10-19(28)12-32-11-18)13-17-4-5-21(34-23(17)27(29,30)31)20-14-37-8-6-16(20)7-9-37/h4-5,10-12,14,16H,3,6-9,13H2,1-2H3. The largest absolute Gasteiger partial charge is 0.464 e. The normalized spacial score (nSPS) is 15.7. The predicted octanol–water partition coefficient (Wildman–Crippen LogP) is 5.26. The van der Waals surface area contributed by atoms with Crippen molar-refractivity contribution in [2.45, 2.75) is 39.4 Å². The van der Waals surface area contributed by atoms with Crippen LogP contribution in [0.1, 0.15) is 42.4 Å². The van der Waals surface area contributed by atoms with E-state index < -0.39 is 17.7 Å². The van der Waals surface area contributed by atoms with E-state index >= 15 is 0 Å². The zero-order valence-corrected chi connectivity index (χ0v) is 21.3. The minimum atomic E-state index is -4.70. The number of hydrogen-bond donors (Lipinski definition) is 0. The van der Waals surface area contributed by atoms with E-state index in [1.807, 2.05) is 6.20 Å². The Morgan fingerprint density at radius 3 is 2.51 bits per heavy atom. The summed E-state index contributed by atoms with van der Waals surface area (Å²) < 4.78 is 64.3. The number of halogens is 4. The highest BCUT2D eigenvalue weighted by atomic mass is 19.4. The van der Waals surface area contributed by atoms with E-state index in [4.69, 9.17) is 4.74 Å². The van der Waals surface area contributed by atoms with Crippen LogP contribution in [0.3, 0.4) is 0 Å². The van der Waals surface area contributed by atoms with Crippen LogP contribution >= 0.6 is 0 Å². The van der Waals surface area contributed by atoms with E-state index in [1.54, 1.807) is 19.9 Å². The highest BCUT2D eigenvalue weighted by Crippen LogP contribution is 2.39. The van der Waals surface area contributed by atoms with Crippen LogP contribution in [0.25, 0.3) is 28.1 Å². The molecular weight excluding hydrogens is 514 g/mol. The highest BCUT2D eigenvalue weighted by molar-refractivity contribution is 5.79. The summed E-state index contributed by atoms with van der Waals surface area (Å²) in [6, 6.07) is 4.40. The molecular formula is C27H25F4N7O. The maximum atomic E-state index is 14.4. The molecule has 3 aliphatic rings. The van der Waals surface area contributed by atoms with Crippen LogP contribution in [0.5, 0.6) is 6.01 Å². The van der Waals surface area contributed by atoms with Gasteiger partial charge in [-0.05, 0) is 50.3 Å². The molecule has 4 aromatic rings. The van der Waals surface area contributed by atoms with Gasteiger partial charge in [0.2, 0.25) is 0 Å². The summed E-state index contributed by atoms with van der Waals surface area (Å²) >= 11 is 0. The summed E-state index contributed by atoms with van der Waals surface area (Å²) in [5, 5.41) is 0. The first kappa shape index (κ1) is 25.2. The number of alkyl halides is 3. The first-order valence-corrected chi connectivity index (χ1v) is 12.7. The number of piperidine rings is 1. The molecule has 0 aromatic carbocycles. The van der Waals surface area contributed by atoms with Gasteiger partial charge in [0.15, 0.2) is 5.65 Å². The SMILES string of the molecule is CCOc1nc(C)c2nc(-c3cncc(F)c3)n(Cc3ccc(C4=CN5CCC4CC5)nc3C(F)(F)F)c2n1. The predicted molar refractivity (Wildman–Crippen MR) is 135 cm³/mol. The molecule has 0 N–H and O–H groups in total. The van der Waals surface area contributed by atoms with Gasteiger partial charge in [-0.1, -0.05) is 6.07 Å². The first-order chi connectivity index (χ1) is 18.7. The minimum absolute atomic E-state index is 0.0627. The van der Waals surface area contributed by atoms with E-state index in [0.717, 1.165) is 37.7 Å². The highest BCUT2D eigenvalue weighted by Gasteiger charge is 2.37. The number of aromatic nitrogens is 6. The number of rotatable bonds is 6. The number of ether oxygens (including phenoxy) is 1. The van der Waals surface area contributed by atoms with Gasteiger partial charge in [-0.3, -0.25) is 4.98 Å². The van der Waals surface area contributed by atoms with Crippen molar-refractivity contribution in [1.29, 1.82) is 0 Å². The lowest BCUT2D eigenvalue weighted by atomic mass is 9.84. The molecule has 12 heteroatoms. The Balaban J connectivity index is 1.51. The molecule has 1 saturated heterocycles. The Hall–Kier alpha value is -4.09. The third-order valence-corrected chi connectivity index (χ3v) is 7.15. The molecule has 1 fully saturated rings. The summed E-state index contributed by atoms with van der Waals surface area (Å²) in [5.74, 6) is -0.187. The van der Waals surface area contributed by atoms with Crippen LogP contribution in [0, 0.1) is 18.7 Å². The van der Waals surface area contributed by atoms with Crippen molar-refractivity contribution >= 4 is 16.7 Å². The molecule has 0 atom stereocenters. The molecule has 2 bridgehead atoms. The van der Waals surface area contributed by atoms with Gasteiger partial charge in [-0.25, -0.2) is 14.4 Å². The van der Waals surface area contributed by atoms with Gasteiger partial charge in [0.25, 0.3) is 0 Å². The van der Waals surface area contributed by atoms with Crippen molar-refractivity contribution in [2.24, 2.45) is 5.92 Å². The molecule has 4 aromatic heterocycles. The van der Waals surface area contributed by atoms with Gasteiger partial charge < -0.3 is 14.2 Å². The van der Waals surface area contributed by atoms with Gasteiger partial charge in [0, 0.05) is 36.6 Å². The quantitative estimate of drug-likeness (QED) is 0.309. The van der Waals surface area contributed by atoms with Gasteiger partial charge in [-0.2, -0.15) is 23.1 Å². The molecule has 39 heavy (non-hydrogen) atoms. The Bertz CT molecular complexity index is 1590. The van der Waals surface area contributed by atoms with Crippen LogP contribution < -0.4 is 4.74 Å². The summed E-state index contributed by atoms with van der Waals surface area (Å²) in [4.78, 5) is 23.5. The van der Waals surface area contributed by atoms with Crippen LogP contribution in [0.15, 0.2) is 36.8 Å². The molecule has 0 amide bonds. The molecule has 0 spiro atoms. The lowest BCUT2D eigenvalue weighted by molar-refractivity contribution is -0.141. The fourth-order valence-electron chi connectivity index (χ4n) is 5.32. The lowest BCUT2D eigenvalue weighted by Gasteiger charge is -2.39. The van der Waals surface area contributed by atoms with Gasteiger partial charge in [0.05, 0.1) is 30.7 Å². The minimum Gasteiger partial charge on any atom is -0.464 e. The molecule has 0 radical (unpaired) electrons. The number of nitrogens with zero attached hydrogens (tertiary/aromatic N) is 7. The smallest absolute Gasteiger partial charge is 0.433 e. The van der Waals surface area contributed by atoms with Crippen LogP contribution in [0.4, 0.5) is 17.6 Å². The van der Waals surface area contributed by atoms with Crippen molar-refractivity contribution < 1.29 is 22.3 Å². The van der Waals surface area contributed by atoms with Crippen LogP contribution in [0.2, 0.25) is 0 Å². The van der Waals surface area contributed by atoms with Crippen molar-refractivity contribution in [3.05, 3.63) is 65.3 Å². The van der Waals surface area contributed by atoms with E-state index in [0.29, 0.717) is 29.1 Å². The van der Waals surface area contributed by atoms with Gasteiger partial charge in [0.1, 0.15) is 22.9 Å². The molecule has 7 rings (SSSR count). The summed E-state index contributed by atoms with van der Waals surface area (Å²) in [7, 11) is 0. The second-order valence-electron chi connectivity index (χ2n) is 9.71. The number of fused-ring (bicyclic) bond motifs is 3. The Morgan fingerprint density at radius 1 is 1.05 bits per heavy atom. The van der Waals surface area contributed by atoms with Gasteiger partial charge in [-0.15, -0.1) is 0 Å². The summed E-state index contributed by atoms with van der Waals surface area (Å²) in [5.41, 5.74) is 1.55. The van der Waals surface area contributed by atoms with Crippen molar-refractivity contribution in [1.82, 2.24) is 34.4 Å². The maximum absolute atomic E-state index is 14.4.